The van der Waals surface area contributed by atoms with Gasteiger partial charge in [0.15, 0.2) is 17.9 Å². The minimum Gasteiger partial charge on any atom is -0.507 e. The molecule has 1 fully saturated rings. The van der Waals surface area contributed by atoms with Gasteiger partial charge < -0.3 is 45.1 Å². The number of halogens is 1. The van der Waals surface area contributed by atoms with E-state index in [0.717, 1.165) is 0 Å². The molecule has 1 heterocycles. The minimum atomic E-state index is -2.24. The number of rotatable bonds is 7. The molecule has 13 heteroatoms. The molecule has 5 rings (SSSR count). The highest BCUT2D eigenvalue weighted by molar-refractivity contribution is 6.31. The van der Waals surface area contributed by atoms with Crippen molar-refractivity contribution in [3.63, 3.8) is 0 Å². The number of ether oxygens (including phenoxy) is 3. The number of ketones is 3. The number of carbonyl (C=O) groups excluding carboxylic acids is 3. The van der Waals surface area contributed by atoms with E-state index < -0.39 is 95.7 Å². The van der Waals surface area contributed by atoms with Gasteiger partial charge in [0.05, 0.1) is 42.1 Å². The van der Waals surface area contributed by atoms with Crippen LogP contribution in [-0.4, -0.2) is 93.3 Å². The SMILES string of the molecule is Cl.[CH2]CNC1CC(O[C@H]2C[C@](O)(C(=O)CO)Cc3c(O)c4c(c(O)c32)C(=O)c2c(OC)cccc2C4=O)OC(C)C1O. The van der Waals surface area contributed by atoms with Crippen molar-refractivity contribution in [2.24, 2.45) is 0 Å². The highest BCUT2D eigenvalue weighted by atomic mass is 35.5. The van der Waals surface area contributed by atoms with Gasteiger partial charge in [-0.1, -0.05) is 12.1 Å². The third-order valence-electron chi connectivity index (χ3n) is 8.17. The molecule has 1 radical (unpaired) electrons. The summed E-state index contributed by atoms with van der Waals surface area (Å²) in [5.74, 6) is -3.73. The van der Waals surface area contributed by atoms with Gasteiger partial charge in [0.2, 0.25) is 5.78 Å². The van der Waals surface area contributed by atoms with Crippen LogP contribution < -0.4 is 10.1 Å². The summed E-state index contributed by atoms with van der Waals surface area (Å²) < 4.78 is 17.3. The van der Waals surface area contributed by atoms with Crippen LogP contribution in [-0.2, 0) is 20.7 Å². The lowest BCUT2D eigenvalue weighted by molar-refractivity contribution is -0.249. The van der Waals surface area contributed by atoms with Crippen molar-refractivity contribution >= 4 is 29.8 Å². The monoisotopic (exact) mass is 606 g/mol. The van der Waals surface area contributed by atoms with Gasteiger partial charge >= 0.3 is 0 Å². The van der Waals surface area contributed by atoms with Crippen LogP contribution in [0.4, 0.5) is 0 Å². The summed E-state index contributed by atoms with van der Waals surface area (Å²) in [5.41, 5.74) is -3.57. The smallest absolute Gasteiger partial charge is 0.202 e. The third-order valence-corrected chi connectivity index (χ3v) is 8.17. The van der Waals surface area contributed by atoms with Crippen molar-refractivity contribution in [1.82, 2.24) is 5.32 Å². The number of aliphatic hydroxyl groups excluding tert-OH is 2. The number of Topliss-reactive ketones (excluding diaryl/α,β-unsaturated/α-hetero) is 1. The van der Waals surface area contributed by atoms with Gasteiger partial charge in [-0.3, -0.25) is 14.4 Å². The van der Waals surface area contributed by atoms with Crippen molar-refractivity contribution in [1.29, 1.82) is 0 Å². The summed E-state index contributed by atoms with van der Waals surface area (Å²) in [4.78, 5) is 40.0. The summed E-state index contributed by atoms with van der Waals surface area (Å²) in [5, 5.41) is 57.4. The molecule has 6 atom stereocenters. The third kappa shape index (κ3) is 4.96. The number of carbonyl (C=O) groups is 3. The lowest BCUT2D eigenvalue weighted by atomic mass is 9.72. The number of hydrogen-bond donors (Lipinski definition) is 6. The Morgan fingerprint density at radius 3 is 2.50 bits per heavy atom. The van der Waals surface area contributed by atoms with Crippen LogP contribution in [0.15, 0.2) is 18.2 Å². The molecule has 12 nitrogen and oxygen atoms in total. The fourth-order valence-corrected chi connectivity index (χ4v) is 6.10. The van der Waals surface area contributed by atoms with E-state index in [1.165, 1.54) is 25.3 Å². The number of aromatic hydroxyl groups is 2. The Morgan fingerprint density at radius 2 is 1.86 bits per heavy atom. The zero-order valence-electron chi connectivity index (χ0n) is 23.0. The molecule has 0 amide bonds. The number of benzene rings is 2. The Bertz CT molecular complexity index is 1430. The van der Waals surface area contributed by atoms with Crippen LogP contribution in [0.5, 0.6) is 17.2 Å². The predicted molar refractivity (Wildman–Crippen MR) is 148 cm³/mol. The Kier molecular flexibility index (Phi) is 9.00. The van der Waals surface area contributed by atoms with Gasteiger partial charge in [0.1, 0.15) is 29.5 Å². The van der Waals surface area contributed by atoms with Crippen LogP contribution >= 0.6 is 12.4 Å². The molecule has 2 aromatic carbocycles. The molecule has 3 aliphatic rings. The van der Waals surface area contributed by atoms with Gasteiger partial charge in [-0.2, -0.15) is 0 Å². The topological polar surface area (TPSA) is 192 Å². The number of aliphatic hydroxyl groups is 3. The molecule has 6 N–H and O–H groups in total. The average molecular weight is 607 g/mol. The summed E-state index contributed by atoms with van der Waals surface area (Å²) in [6, 6.07) is 3.91. The first-order chi connectivity index (χ1) is 19.5. The van der Waals surface area contributed by atoms with Crippen molar-refractivity contribution in [3.05, 3.63) is 58.5 Å². The average Bonchev–Trinajstić information content (AvgIpc) is 2.95. The highest BCUT2D eigenvalue weighted by Crippen LogP contribution is 2.52. The molecule has 0 aromatic heterocycles. The first-order valence-electron chi connectivity index (χ1n) is 13.2. The molecular weight excluding hydrogens is 574 g/mol. The maximum absolute atomic E-state index is 13.7. The van der Waals surface area contributed by atoms with Gasteiger partial charge in [0.25, 0.3) is 0 Å². The van der Waals surface area contributed by atoms with Gasteiger partial charge in [-0.15, -0.1) is 12.4 Å². The van der Waals surface area contributed by atoms with Crippen LogP contribution in [0.1, 0.15) is 68.8 Å². The van der Waals surface area contributed by atoms with Crippen molar-refractivity contribution in [3.8, 4) is 17.2 Å². The number of methoxy groups -OCH3 is 1. The minimum absolute atomic E-state index is 0. The lowest BCUT2D eigenvalue weighted by Gasteiger charge is -2.43. The molecule has 42 heavy (non-hydrogen) atoms. The summed E-state index contributed by atoms with van der Waals surface area (Å²) in [7, 11) is 1.33. The maximum Gasteiger partial charge on any atom is 0.202 e. The van der Waals surface area contributed by atoms with Crippen LogP contribution in [0, 0.1) is 6.92 Å². The molecule has 4 unspecified atom stereocenters. The largest absolute Gasteiger partial charge is 0.507 e. The summed E-state index contributed by atoms with van der Waals surface area (Å²) >= 11 is 0. The Morgan fingerprint density at radius 1 is 1.17 bits per heavy atom. The second kappa shape index (κ2) is 11.9. The summed E-state index contributed by atoms with van der Waals surface area (Å²) in [6.07, 6.45) is -4.81. The van der Waals surface area contributed by atoms with E-state index in [1.54, 1.807) is 6.92 Å². The molecule has 2 aliphatic carbocycles. The fraction of sp³-hybridized carbons (Fsp3) is 0.448. The zero-order chi connectivity index (χ0) is 29.8. The first kappa shape index (κ1) is 31.8. The molecule has 1 saturated heterocycles. The Hall–Kier alpha value is -3.10. The molecule has 0 saturated carbocycles. The van der Waals surface area contributed by atoms with Crippen molar-refractivity contribution < 1.29 is 54.1 Å². The number of phenolic OH excluding ortho intramolecular Hbond substituents is 2. The van der Waals surface area contributed by atoms with E-state index in [2.05, 4.69) is 12.2 Å². The van der Waals surface area contributed by atoms with Crippen LogP contribution in [0.3, 0.4) is 0 Å². The van der Waals surface area contributed by atoms with Crippen molar-refractivity contribution in [2.45, 2.75) is 62.4 Å². The second-order valence-corrected chi connectivity index (χ2v) is 10.6. The fourth-order valence-electron chi connectivity index (χ4n) is 6.10. The summed E-state index contributed by atoms with van der Waals surface area (Å²) in [6.45, 7) is 4.66. The van der Waals surface area contributed by atoms with E-state index >= 15 is 0 Å². The maximum atomic E-state index is 13.7. The van der Waals surface area contributed by atoms with E-state index in [9.17, 15) is 39.9 Å². The molecule has 1 aliphatic heterocycles. The van der Waals surface area contributed by atoms with Gasteiger partial charge in [-0.25, -0.2) is 0 Å². The quantitative estimate of drug-likeness (QED) is 0.208. The molecule has 2 aromatic rings. The van der Waals surface area contributed by atoms with E-state index in [4.69, 9.17) is 14.2 Å². The van der Waals surface area contributed by atoms with E-state index in [1.807, 2.05) is 0 Å². The van der Waals surface area contributed by atoms with E-state index in [-0.39, 0.29) is 46.8 Å². The van der Waals surface area contributed by atoms with E-state index in [0.29, 0.717) is 6.54 Å². The second-order valence-electron chi connectivity index (χ2n) is 10.6. The highest BCUT2D eigenvalue weighted by Gasteiger charge is 2.50. The Labute approximate surface area is 247 Å². The molecule has 0 bridgehead atoms. The van der Waals surface area contributed by atoms with Gasteiger partial charge in [-0.05, 0) is 26.5 Å². The number of nitrogens with one attached hydrogen (secondary N) is 1. The molecular formula is C29H33ClNO11. The van der Waals surface area contributed by atoms with Gasteiger partial charge in [0, 0.05) is 42.0 Å². The predicted octanol–water partition coefficient (Wildman–Crippen LogP) is 0.888. The number of hydrogen-bond acceptors (Lipinski definition) is 12. The van der Waals surface area contributed by atoms with Crippen LogP contribution in [0.25, 0.3) is 0 Å². The number of fused-ring (bicyclic) bond motifs is 3. The van der Waals surface area contributed by atoms with Crippen molar-refractivity contribution in [2.75, 3.05) is 20.3 Å². The molecule has 0 spiro atoms. The standard InChI is InChI=1S/C29H32NO11.ClH/c1-4-30-15-8-19(40-12(2)24(15)33)41-17-10-29(38,18(32)11-31)9-14-21(17)28(37)23-22(26(14)35)25(34)13-6-5-7-16(39-3)20(13)27(23)36;/h5-7,12,15,17,19,24,30-31,33,35,37-38H,1,4,8-11H2,2-3H3;1H/t12?,15?,17-,19?,24?,29-;/m0./s1. The lowest BCUT2D eigenvalue weighted by Crippen LogP contribution is -2.54. The van der Waals surface area contributed by atoms with Crippen LogP contribution in [0.2, 0.25) is 0 Å². The first-order valence-corrected chi connectivity index (χ1v) is 13.2. The Balaban J connectivity index is 0.00000405. The number of phenols is 2. The molecule has 227 valence electrons. The zero-order valence-corrected chi connectivity index (χ0v) is 23.8. The normalized spacial score (nSPS) is 28.3.